The van der Waals surface area contributed by atoms with Gasteiger partial charge in [-0.25, -0.2) is 4.79 Å². The maximum absolute atomic E-state index is 11.8. The minimum absolute atomic E-state index is 0.249. The van der Waals surface area contributed by atoms with E-state index in [2.05, 4.69) is 5.32 Å². The van der Waals surface area contributed by atoms with Gasteiger partial charge in [-0.15, -0.1) is 0 Å². The highest BCUT2D eigenvalue weighted by molar-refractivity contribution is 5.87. The molecule has 0 heterocycles. The first-order chi connectivity index (χ1) is 8.42. The van der Waals surface area contributed by atoms with Crippen LogP contribution in [0.5, 0.6) is 0 Å². The molecule has 0 fully saturated rings. The fourth-order valence-corrected chi connectivity index (χ4v) is 1.64. The highest BCUT2D eigenvalue weighted by Gasteiger charge is 2.25. The summed E-state index contributed by atoms with van der Waals surface area (Å²) in [6.45, 7) is 3.86. The van der Waals surface area contributed by atoms with Gasteiger partial charge in [-0.1, -0.05) is 26.7 Å². The molecule has 0 bridgehead atoms. The lowest BCUT2D eigenvalue weighted by Crippen LogP contribution is -2.44. The van der Waals surface area contributed by atoms with E-state index in [9.17, 15) is 14.4 Å². The van der Waals surface area contributed by atoms with Gasteiger partial charge in [0, 0.05) is 5.92 Å². The Bertz CT molecular complexity index is 303. The van der Waals surface area contributed by atoms with Crippen LogP contribution in [-0.2, 0) is 14.4 Å². The van der Waals surface area contributed by atoms with E-state index in [-0.39, 0.29) is 11.8 Å². The monoisotopic (exact) mass is 259 g/mol. The van der Waals surface area contributed by atoms with Gasteiger partial charge in [0.2, 0.25) is 5.91 Å². The molecule has 0 aliphatic heterocycles. The minimum atomic E-state index is -1.36. The van der Waals surface area contributed by atoms with Crippen LogP contribution in [-0.4, -0.2) is 34.1 Å². The van der Waals surface area contributed by atoms with Crippen molar-refractivity contribution in [1.82, 2.24) is 5.32 Å². The summed E-state index contributed by atoms with van der Waals surface area (Å²) >= 11 is 0. The highest BCUT2D eigenvalue weighted by atomic mass is 16.4. The van der Waals surface area contributed by atoms with Gasteiger partial charge in [-0.05, 0) is 12.8 Å². The molecule has 0 saturated carbocycles. The summed E-state index contributed by atoms with van der Waals surface area (Å²) < 4.78 is 0. The Kier molecular flexibility index (Phi) is 7.74. The van der Waals surface area contributed by atoms with Gasteiger partial charge in [-0.2, -0.15) is 0 Å². The molecule has 0 rings (SSSR count). The zero-order chi connectivity index (χ0) is 14.1. The molecule has 18 heavy (non-hydrogen) atoms. The predicted molar refractivity (Wildman–Crippen MR) is 65.1 cm³/mol. The minimum Gasteiger partial charge on any atom is -0.481 e. The summed E-state index contributed by atoms with van der Waals surface area (Å²) in [5.41, 5.74) is 0. The van der Waals surface area contributed by atoms with Crippen LogP contribution in [0.2, 0.25) is 0 Å². The Morgan fingerprint density at radius 3 is 2.17 bits per heavy atom. The Hall–Kier alpha value is -1.59. The molecular formula is C12H21NO5. The van der Waals surface area contributed by atoms with Crippen molar-refractivity contribution in [2.45, 2.75) is 52.0 Å². The first-order valence-corrected chi connectivity index (χ1v) is 6.17. The molecule has 1 unspecified atom stereocenters. The molecule has 3 N–H and O–H groups in total. The number of aliphatic carboxylic acids is 2. The molecular weight excluding hydrogens is 238 g/mol. The van der Waals surface area contributed by atoms with E-state index in [0.29, 0.717) is 12.8 Å². The lowest BCUT2D eigenvalue weighted by molar-refractivity contribution is -0.147. The van der Waals surface area contributed by atoms with Gasteiger partial charge in [0.05, 0.1) is 6.42 Å². The first-order valence-electron chi connectivity index (χ1n) is 6.17. The van der Waals surface area contributed by atoms with Crippen molar-refractivity contribution < 1.29 is 24.6 Å². The smallest absolute Gasteiger partial charge is 0.326 e. The molecule has 0 aromatic heterocycles. The summed E-state index contributed by atoms with van der Waals surface area (Å²) in [6.07, 6.45) is 2.55. The SMILES string of the molecule is CCCCC(CC)C(=O)N[C@H](CC(=O)O)C(=O)O. The molecule has 2 atom stereocenters. The molecule has 0 aromatic rings. The normalized spacial score (nSPS) is 13.7. The number of carbonyl (C=O) groups excluding carboxylic acids is 1. The van der Waals surface area contributed by atoms with Crippen LogP contribution in [0, 0.1) is 5.92 Å². The topological polar surface area (TPSA) is 104 Å². The van der Waals surface area contributed by atoms with Gasteiger partial charge >= 0.3 is 11.9 Å². The number of carbonyl (C=O) groups is 3. The second-order valence-electron chi connectivity index (χ2n) is 4.24. The predicted octanol–water partition coefficient (Wildman–Crippen LogP) is 1.25. The third-order valence-corrected chi connectivity index (χ3v) is 2.76. The van der Waals surface area contributed by atoms with Crippen LogP contribution >= 0.6 is 0 Å². The van der Waals surface area contributed by atoms with Crippen LogP contribution in [0.25, 0.3) is 0 Å². The summed E-state index contributed by atoms with van der Waals surface area (Å²) in [5.74, 6) is -3.19. The molecule has 0 aromatic carbocycles. The summed E-state index contributed by atoms with van der Waals surface area (Å²) in [5, 5.41) is 19.7. The van der Waals surface area contributed by atoms with Crippen LogP contribution in [0.3, 0.4) is 0 Å². The Labute approximate surface area is 106 Å². The van der Waals surface area contributed by atoms with E-state index in [4.69, 9.17) is 10.2 Å². The number of rotatable bonds is 9. The molecule has 1 amide bonds. The van der Waals surface area contributed by atoms with Crippen LogP contribution in [0.4, 0.5) is 0 Å². The number of nitrogens with one attached hydrogen (secondary N) is 1. The molecule has 0 aliphatic rings. The van der Waals surface area contributed by atoms with E-state index in [1.807, 2.05) is 13.8 Å². The first kappa shape index (κ1) is 16.4. The van der Waals surface area contributed by atoms with Gasteiger partial charge < -0.3 is 15.5 Å². The van der Waals surface area contributed by atoms with Crippen molar-refractivity contribution in [3.8, 4) is 0 Å². The third-order valence-electron chi connectivity index (χ3n) is 2.76. The quantitative estimate of drug-likeness (QED) is 0.578. The second-order valence-corrected chi connectivity index (χ2v) is 4.24. The summed E-state index contributed by atoms with van der Waals surface area (Å²) in [4.78, 5) is 33.1. The number of hydrogen-bond acceptors (Lipinski definition) is 3. The zero-order valence-corrected chi connectivity index (χ0v) is 10.8. The fraction of sp³-hybridized carbons (Fsp3) is 0.750. The lowest BCUT2D eigenvalue weighted by Gasteiger charge is -2.18. The number of amides is 1. The number of hydrogen-bond donors (Lipinski definition) is 3. The summed E-state index contributed by atoms with van der Waals surface area (Å²) in [7, 11) is 0. The summed E-state index contributed by atoms with van der Waals surface area (Å²) in [6, 6.07) is -1.36. The van der Waals surface area contributed by atoms with Crippen LogP contribution in [0.1, 0.15) is 46.0 Å². The molecule has 0 spiro atoms. The lowest BCUT2D eigenvalue weighted by atomic mass is 9.98. The molecule has 6 nitrogen and oxygen atoms in total. The number of carboxylic acids is 2. The third kappa shape index (κ3) is 6.22. The Morgan fingerprint density at radius 1 is 1.17 bits per heavy atom. The average molecular weight is 259 g/mol. The maximum Gasteiger partial charge on any atom is 0.326 e. The van der Waals surface area contributed by atoms with Crippen molar-refractivity contribution in [3.05, 3.63) is 0 Å². The van der Waals surface area contributed by atoms with Crippen LogP contribution < -0.4 is 5.32 Å². The van der Waals surface area contributed by atoms with Crippen LogP contribution in [0.15, 0.2) is 0 Å². The van der Waals surface area contributed by atoms with E-state index in [0.717, 1.165) is 12.8 Å². The highest BCUT2D eigenvalue weighted by Crippen LogP contribution is 2.13. The van der Waals surface area contributed by atoms with Crippen molar-refractivity contribution in [3.63, 3.8) is 0 Å². The number of carboxylic acid groups (broad SMARTS) is 2. The van der Waals surface area contributed by atoms with Crippen molar-refractivity contribution in [1.29, 1.82) is 0 Å². The van der Waals surface area contributed by atoms with Crippen molar-refractivity contribution in [2.75, 3.05) is 0 Å². The second kappa shape index (κ2) is 8.49. The zero-order valence-electron chi connectivity index (χ0n) is 10.8. The average Bonchev–Trinajstić information content (AvgIpc) is 2.28. The van der Waals surface area contributed by atoms with Crippen molar-refractivity contribution in [2.24, 2.45) is 5.92 Å². The maximum atomic E-state index is 11.8. The van der Waals surface area contributed by atoms with E-state index in [1.54, 1.807) is 0 Å². The molecule has 0 aliphatic carbocycles. The van der Waals surface area contributed by atoms with Gasteiger partial charge in [0.15, 0.2) is 0 Å². The Balaban J connectivity index is 4.46. The largest absolute Gasteiger partial charge is 0.481 e. The van der Waals surface area contributed by atoms with Gasteiger partial charge in [0.1, 0.15) is 6.04 Å². The fourth-order valence-electron chi connectivity index (χ4n) is 1.64. The standard InChI is InChI=1S/C12H21NO5/c1-3-5-6-8(4-2)11(16)13-9(12(17)18)7-10(14)15/h8-9H,3-7H2,1-2H3,(H,13,16)(H,14,15)(H,17,18)/t8?,9-/m1/s1. The van der Waals surface area contributed by atoms with Gasteiger partial charge in [0.25, 0.3) is 0 Å². The molecule has 6 heteroatoms. The van der Waals surface area contributed by atoms with E-state index >= 15 is 0 Å². The van der Waals surface area contributed by atoms with E-state index < -0.39 is 24.4 Å². The molecule has 0 saturated heterocycles. The van der Waals surface area contributed by atoms with E-state index in [1.165, 1.54) is 0 Å². The van der Waals surface area contributed by atoms with Crippen molar-refractivity contribution >= 4 is 17.8 Å². The van der Waals surface area contributed by atoms with Gasteiger partial charge in [-0.3, -0.25) is 9.59 Å². The number of unbranched alkanes of at least 4 members (excludes halogenated alkanes) is 1. The Morgan fingerprint density at radius 2 is 1.78 bits per heavy atom. The molecule has 0 radical (unpaired) electrons. The molecule has 104 valence electrons.